The van der Waals surface area contributed by atoms with Gasteiger partial charge >= 0.3 is 41.8 Å². The van der Waals surface area contributed by atoms with Crippen molar-refractivity contribution in [3.63, 3.8) is 0 Å². The second-order valence-corrected chi connectivity index (χ2v) is 19.9. The van der Waals surface area contributed by atoms with Crippen LogP contribution < -0.4 is 21.3 Å². The first-order valence-corrected chi connectivity index (χ1v) is 25.3. The number of carbonyl (C=O) groups is 10. The molecule has 3 atom stereocenters. The Morgan fingerprint density at radius 2 is 1.05 bits per heavy atom. The molecule has 25 heteroatoms. The molecule has 5 rings (SSSR count). The summed E-state index contributed by atoms with van der Waals surface area (Å²) in [6, 6.07) is 8.50. The topological polar surface area (TPSA) is 356 Å². The summed E-state index contributed by atoms with van der Waals surface area (Å²) in [6.45, 7) is 2.56. The second-order valence-electron chi connectivity index (χ2n) is 19.9. The fourth-order valence-electron chi connectivity index (χ4n) is 9.87. The first-order valence-electron chi connectivity index (χ1n) is 25.3. The molecular formula is C50H71N9O16. The maximum atomic E-state index is 13.9. The quantitative estimate of drug-likeness (QED) is 0.0572. The molecule has 10 N–H and O–H groups in total. The number of amides is 5. The lowest BCUT2D eigenvalue weighted by Crippen LogP contribution is -2.62. The van der Waals surface area contributed by atoms with Gasteiger partial charge < -0.3 is 56.8 Å². The SMILES string of the molecule is O=C(O)CCC(NC(=O)NC(CCCCNC(=O)[C@H](Cc1ccc2ccccc2c1)NC(=O)C1CCC2(CC1)CN(C(=O)CN1CCN(CC(=O)O)CCN(CC(=O)O)CCN(CC(=O)O)CC1)C2)C(=O)O)C(=O)O. The lowest BCUT2D eigenvalue weighted by Gasteiger charge is -2.53. The van der Waals surface area contributed by atoms with Crippen molar-refractivity contribution in [2.75, 3.05) is 98.2 Å². The smallest absolute Gasteiger partial charge is 0.326 e. The van der Waals surface area contributed by atoms with Crippen molar-refractivity contribution in [1.82, 2.24) is 45.8 Å². The van der Waals surface area contributed by atoms with Crippen LogP contribution in [0.15, 0.2) is 42.5 Å². The van der Waals surface area contributed by atoms with E-state index in [2.05, 4.69) is 21.3 Å². The van der Waals surface area contributed by atoms with Gasteiger partial charge in [-0.15, -0.1) is 0 Å². The van der Waals surface area contributed by atoms with Crippen molar-refractivity contribution >= 4 is 70.3 Å². The molecular weight excluding hydrogens is 983 g/mol. The highest BCUT2D eigenvalue weighted by atomic mass is 16.4. The van der Waals surface area contributed by atoms with E-state index in [-0.39, 0.29) is 108 Å². The summed E-state index contributed by atoms with van der Waals surface area (Å²) in [6.07, 6.45) is 2.10. The first-order chi connectivity index (χ1) is 35.7. The standard InChI is InChI=1S/C50H71N9O16/c60-40(27-55-17-19-56(28-42(63)64)21-23-58(30-44(67)68)24-22-57(20-18-55)29-43(65)66)59-31-50(32-59)14-12-35(13-15-50)45(69)52-39(26-33-8-9-34-5-1-2-6-36(34)25-33)46(70)51-16-4-3-7-37(47(71)72)53-49(75)54-38(48(73)74)10-11-41(61)62/h1-2,5-6,8-9,25,35,37-39H,3-4,7,10-24,26-32H2,(H,51,70)(H,52,69)(H,61,62)(H,63,64)(H,65,66)(H,67,68)(H,71,72)(H,73,74)(H2,53,54,75)/t37?,38?,39-/m0/s1. The minimum absolute atomic E-state index is 0.0306. The number of carboxylic acids is 6. The molecule has 0 aromatic heterocycles. The molecule has 1 aliphatic carbocycles. The number of carbonyl (C=O) groups excluding carboxylic acids is 4. The maximum absolute atomic E-state index is 13.9. The number of nitrogens with one attached hydrogen (secondary N) is 4. The van der Waals surface area contributed by atoms with Gasteiger partial charge in [0, 0.05) is 96.2 Å². The van der Waals surface area contributed by atoms with Crippen LogP contribution in [0, 0.1) is 11.3 Å². The van der Waals surface area contributed by atoms with Gasteiger partial charge in [0.1, 0.15) is 18.1 Å². The zero-order chi connectivity index (χ0) is 54.7. The third kappa shape index (κ3) is 19.7. The molecule has 1 saturated carbocycles. The van der Waals surface area contributed by atoms with Crippen molar-refractivity contribution in [3.8, 4) is 0 Å². The number of fused-ring (bicyclic) bond motifs is 1. The van der Waals surface area contributed by atoms with Crippen LogP contribution in [0.5, 0.6) is 0 Å². The number of hydrogen-bond acceptors (Lipinski definition) is 14. The van der Waals surface area contributed by atoms with E-state index in [9.17, 15) is 73.5 Å². The Kier molecular flexibility index (Phi) is 22.5. The van der Waals surface area contributed by atoms with E-state index in [1.165, 1.54) is 0 Å². The molecule has 0 radical (unpaired) electrons. The average Bonchev–Trinajstić information content (AvgIpc) is 3.33. The van der Waals surface area contributed by atoms with Crippen LogP contribution in [-0.4, -0.2) is 231 Å². The van der Waals surface area contributed by atoms with Crippen molar-refractivity contribution in [2.45, 2.75) is 82.3 Å². The van der Waals surface area contributed by atoms with Gasteiger partial charge in [-0.1, -0.05) is 42.5 Å². The number of likely N-dealkylation sites (tertiary alicyclic amines) is 1. The molecule has 5 amide bonds. The van der Waals surface area contributed by atoms with Crippen LogP contribution in [0.25, 0.3) is 10.8 Å². The average molecular weight is 1050 g/mol. The molecule has 2 unspecified atom stereocenters. The van der Waals surface area contributed by atoms with E-state index >= 15 is 0 Å². The molecule has 2 aromatic carbocycles. The van der Waals surface area contributed by atoms with E-state index in [1.807, 2.05) is 47.4 Å². The summed E-state index contributed by atoms with van der Waals surface area (Å²) >= 11 is 0. The molecule has 1 spiro atoms. The van der Waals surface area contributed by atoms with Gasteiger partial charge in [-0.25, -0.2) is 14.4 Å². The predicted octanol–water partition coefficient (Wildman–Crippen LogP) is -0.282. The number of benzene rings is 2. The van der Waals surface area contributed by atoms with Crippen LogP contribution in [0.1, 0.15) is 63.4 Å². The molecule has 3 fully saturated rings. The Labute approximate surface area is 433 Å². The third-order valence-electron chi connectivity index (χ3n) is 14.1. The Morgan fingerprint density at radius 1 is 0.560 bits per heavy atom. The molecule has 75 heavy (non-hydrogen) atoms. The van der Waals surface area contributed by atoms with Crippen LogP contribution in [0.4, 0.5) is 4.79 Å². The highest BCUT2D eigenvalue weighted by Gasteiger charge is 2.48. The van der Waals surface area contributed by atoms with Crippen molar-refractivity contribution < 1.29 is 78.6 Å². The second kappa shape index (κ2) is 28.6. The predicted molar refractivity (Wildman–Crippen MR) is 267 cm³/mol. The van der Waals surface area contributed by atoms with Gasteiger partial charge in [0.2, 0.25) is 17.7 Å². The number of carboxylic acid groups (broad SMARTS) is 6. The summed E-state index contributed by atoms with van der Waals surface area (Å²) in [5.74, 6) is -8.51. The van der Waals surface area contributed by atoms with E-state index in [1.54, 1.807) is 19.6 Å². The van der Waals surface area contributed by atoms with Gasteiger partial charge in [-0.05, 0) is 67.7 Å². The largest absolute Gasteiger partial charge is 0.481 e. The number of unbranched alkanes of at least 4 members (excludes halogenated alkanes) is 1. The van der Waals surface area contributed by atoms with Crippen molar-refractivity contribution in [1.29, 1.82) is 0 Å². The van der Waals surface area contributed by atoms with Gasteiger partial charge in [0.05, 0.1) is 26.2 Å². The first kappa shape index (κ1) is 58.9. The highest BCUT2D eigenvalue weighted by Crippen LogP contribution is 2.45. The maximum Gasteiger partial charge on any atom is 0.326 e. The number of rotatable bonds is 25. The van der Waals surface area contributed by atoms with Crippen LogP contribution >= 0.6 is 0 Å². The van der Waals surface area contributed by atoms with E-state index in [4.69, 9.17) is 5.11 Å². The van der Waals surface area contributed by atoms with Crippen LogP contribution in [-0.2, 0) is 49.6 Å². The number of nitrogens with zero attached hydrogens (tertiary/aromatic N) is 5. The van der Waals surface area contributed by atoms with Crippen molar-refractivity contribution in [3.05, 3.63) is 48.0 Å². The third-order valence-corrected chi connectivity index (χ3v) is 14.1. The van der Waals surface area contributed by atoms with Gasteiger partial charge in [0.15, 0.2) is 0 Å². The lowest BCUT2D eigenvalue weighted by atomic mass is 9.65. The van der Waals surface area contributed by atoms with Gasteiger partial charge in [-0.2, -0.15) is 0 Å². The summed E-state index contributed by atoms with van der Waals surface area (Å²) in [5.41, 5.74) is 0.626. The van der Waals surface area contributed by atoms with E-state index in [0.29, 0.717) is 58.3 Å². The Morgan fingerprint density at radius 3 is 1.55 bits per heavy atom. The molecule has 3 aliphatic rings. The highest BCUT2D eigenvalue weighted by molar-refractivity contribution is 5.90. The molecule has 25 nitrogen and oxygen atoms in total. The fourth-order valence-corrected chi connectivity index (χ4v) is 9.87. The number of urea groups is 1. The van der Waals surface area contributed by atoms with Crippen molar-refractivity contribution in [2.24, 2.45) is 11.3 Å². The number of hydrogen-bond donors (Lipinski definition) is 10. The van der Waals surface area contributed by atoms with Crippen LogP contribution in [0.3, 0.4) is 0 Å². The zero-order valence-corrected chi connectivity index (χ0v) is 42.0. The normalized spacial score (nSPS) is 18.5. The summed E-state index contributed by atoms with van der Waals surface area (Å²) in [7, 11) is 0. The molecule has 2 saturated heterocycles. The lowest BCUT2D eigenvalue weighted by molar-refractivity contribution is -0.149. The molecule has 2 aromatic rings. The van der Waals surface area contributed by atoms with E-state index in [0.717, 1.165) is 16.3 Å². The monoisotopic (exact) mass is 1050 g/mol. The molecule has 2 heterocycles. The Bertz CT molecular complexity index is 2320. The Balaban J connectivity index is 1.13. The van der Waals surface area contributed by atoms with E-state index < -0.39 is 84.6 Å². The molecule has 2 aliphatic heterocycles. The summed E-state index contributed by atoms with van der Waals surface area (Å²) in [5, 5.41) is 68.6. The van der Waals surface area contributed by atoms with Gasteiger partial charge in [0.25, 0.3) is 0 Å². The Hall–Kier alpha value is -6.96. The summed E-state index contributed by atoms with van der Waals surface area (Å²) < 4.78 is 0. The minimum atomic E-state index is -1.55. The molecule has 412 valence electrons. The zero-order valence-electron chi connectivity index (χ0n) is 42.0. The number of aliphatic carboxylic acids is 6. The minimum Gasteiger partial charge on any atom is -0.481 e. The van der Waals surface area contributed by atoms with Gasteiger partial charge in [-0.3, -0.25) is 53.2 Å². The van der Waals surface area contributed by atoms with Crippen LogP contribution in [0.2, 0.25) is 0 Å². The molecule has 0 bridgehead atoms. The summed E-state index contributed by atoms with van der Waals surface area (Å²) in [4.78, 5) is 132. The fraction of sp³-hybridized carbons (Fsp3) is 0.600.